The van der Waals surface area contributed by atoms with Gasteiger partial charge in [0.2, 0.25) is 0 Å². The van der Waals surface area contributed by atoms with E-state index >= 15 is 0 Å². The van der Waals surface area contributed by atoms with Crippen LogP contribution in [0.3, 0.4) is 0 Å². The Bertz CT molecular complexity index is 626. The predicted molar refractivity (Wildman–Crippen MR) is 81.7 cm³/mol. The highest BCUT2D eigenvalue weighted by molar-refractivity contribution is 6.31. The Kier molecular flexibility index (Phi) is 4.77. The summed E-state index contributed by atoms with van der Waals surface area (Å²) < 4.78 is 0. The molecular formula is C16H17ClN2O. The maximum atomic E-state index is 12.1. The number of halogens is 1. The van der Waals surface area contributed by atoms with Crippen molar-refractivity contribution in [2.45, 2.75) is 20.0 Å². The number of rotatable bonds is 4. The van der Waals surface area contributed by atoms with Crippen molar-refractivity contribution in [1.82, 2.24) is 5.32 Å². The van der Waals surface area contributed by atoms with Crippen LogP contribution in [0.1, 0.15) is 27.0 Å². The molecule has 104 valence electrons. The van der Waals surface area contributed by atoms with Gasteiger partial charge in [-0.1, -0.05) is 41.9 Å². The van der Waals surface area contributed by atoms with Crippen LogP contribution >= 0.6 is 11.6 Å². The fraction of sp³-hybridized carbons (Fsp3) is 0.188. The molecule has 2 rings (SSSR count). The third-order valence-corrected chi connectivity index (χ3v) is 3.62. The van der Waals surface area contributed by atoms with E-state index in [-0.39, 0.29) is 5.91 Å². The van der Waals surface area contributed by atoms with E-state index in [4.69, 9.17) is 17.3 Å². The number of benzene rings is 2. The first kappa shape index (κ1) is 14.6. The molecule has 1 amide bonds. The molecule has 0 aliphatic carbocycles. The SMILES string of the molecule is Cc1ccc(C(=O)NCc2ccccc2CN)cc1Cl. The van der Waals surface area contributed by atoms with Crippen molar-refractivity contribution in [2.75, 3.05) is 0 Å². The van der Waals surface area contributed by atoms with E-state index in [0.29, 0.717) is 23.7 Å². The third-order valence-electron chi connectivity index (χ3n) is 3.21. The second-order valence-corrected chi connectivity index (χ2v) is 5.03. The van der Waals surface area contributed by atoms with E-state index in [2.05, 4.69) is 5.32 Å². The maximum absolute atomic E-state index is 12.1. The first-order valence-corrected chi connectivity index (χ1v) is 6.81. The van der Waals surface area contributed by atoms with Crippen LogP contribution in [0.2, 0.25) is 5.02 Å². The van der Waals surface area contributed by atoms with Crippen LogP contribution in [-0.2, 0) is 13.1 Å². The number of carbonyl (C=O) groups is 1. The van der Waals surface area contributed by atoms with Gasteiger partial charge in [0.1, 0.15) is 0 Å². The smallest absolute Gasteiger partial charge is 0.251 e. The van der Waals surface area contributed by atoms with Gasteiger partial charge in [-0.05, 0) is 35.7 Å². The Morgan fingerprint density at radius 3 is 2.55 bits per heavy atom. The molecule has 0 atom stereocenters. The Morgan fingerprint density at radius 2 is 1.90 bits per heavy atom. The van der Waals surface area contributed by atoms with E-state index in [1.54, 1.807) is 12.1 Å². The minimum atomic E-state index is -0.140. The van der Waals surface area contributed by atoms with Crippen LogP contribution < -0.4 is 11.1 Å². The van der Waals surface area contributed by atoms with Crippen LogP contribution in [0.15, 0.2) is 42.5 Å². The van der Waals surface area contributed by atoms with Gasteiger partial charge in [0, 0.05) is 23.7 Å². The zero-order valence-corrected chi connectivity index (χ0v) is 12.1. The van der Waals surface area contributed by atoms with Crippen molar-refractivity contribution >= 4 is 17.5 Å². The Hall–Kier alpha value is -1.84. The van der Waals surface area contributed by atoms with Crippen LogP contribution in [0, 0.1) is 6.92 Å². The highest BCUT2D eigenvalue weighted by atomic mass is 35.5. The maximum Gasteiger partial charge on any atom is 0.251 e. The standard InChI is InChI=1S/C16H17ClN2O/c1-11-6-7-12(8-15(11)17)16(20)19-10-14-5-3-2-4-13(14)9-18/h2-8H,9-10,18H2,1H3,(H,19,20). The fourth-order valence-corrected chi connectivity index (χ4v) is 2.12. The summed E-state index contributed by atoms with van der Waals surface area (Å²) in [5, 5.41) is 3.48. The van der Waals surface area contributed by atoms with E-state index < -0.39 is 0 Å². The lowest BCUT2D eigenvalue weighted by atomic mass is 10.1. The summed E-state index contributed by atoms with van der Waals surface area (Å²) in [6.07, 6.45) is 0. The molecule has 0 aromatic heterocycles. The van der Waals surface area contributed by atoms with E-state index in [1.807, 2.05) is 37.3 Å². The van der Waals surface area contributed by atoms with Crippen molar-refractivity contribution < 1.29 is 4.79 Å². The van der Waals surface area contributed by atoms with Crippen molar-refractivity contribution in [3.05, 3.63) is 69.7 Å². The third kappa shape index (κ3) is 3.38. The van der Waals surface area contributed by atoms with Crippen LogP contribution in [0.4, 0.5) is 0 Å². The van der Waals surface area contributed by atoms with Crippen molar-refractivity contribution in [2.24, 2.45) is 5.73 Å². The molecule has 0 radical (unpaired) electrons. The largest absolute Gasteiger partial charge is 0.348 e. The monoisotopic (exact) mass is 288 g/mol. The summed E-state index contributed by atoms with van der Waals surface area (Å²) in [6, 6.07) is 13.1. The minimum Gasteiger partial charge on any atom is -0.348 e. The van der Waals surface area contributed by atoms with Gasteiger partial charge in [0.25, 0.3) is 5.91 Å². The van der Waals surface area contributed by atoms with E-state index in [1.165, 1.54) is 0 Å². The Balaban J connectivity index is 2.06. The van der Waals surface area contributed by atoms with Crippen LogP contribution in [-0.4, -0.2) is 5.91 Å². The summed E-state index contributed by atoms with van der Waals surface area (Å²) in [7, 11) is 0. The predicted octanol–water partition coefficient (Wildman–Crippen LogP) is 3.04. The molecule has 0 unspecified atom stereocenters. The number of hydrogen-bond acceptors (Lipinski definition) is 2. The molecule has 0 saturated carbocycles. The number of nitrogens with one attached hydrogen (secondary N) is 1. The van der Waals surface area contributed by atoms with Gasteiger partial charge in [-0.15, -0.1) is 0 Å². The highest BCUT2D eigenvalue weighted by Crippen LogP contribution is 2.16. The lowest BCUT2D eigenvalue weighted by Gasteiger charge is -2.10. The van der Waals surface area contributed by atoms with Gasteiger partial charge < -0.3 is 11.1 Å². The van der Waals surface area contributed by atoms with E-state index in [9.17, 15) is 4.79 Å². The zero-order chi connectivity index (χ0) is 14.5. The van der Waals surface area contributed by atoms with Gasteiger partial charge in [0.15, 0.2) is 0 Å². The topological polar surface area (TPSA) is 55.1 Å². The van der Waals surface area contributed by atoms with Crippen molar-refractivity contribution in [1.29, 1.82) is 0 Å². The Labute approximate surface area is 123 Å². The number of hydrogen-bond donors (Lipinski definition) is 2. The number of nitrogens with two attached hydrogens (primary N) is 1. The molecule has 0 saturated heterocycles. The molecule has 0 aliphatic heterocycles. The van der Waals surface area contributed by atoms with Crippen LogP contribution in [0.5, 0.6) is 0 Å². The summed E-state index contributed by atoms with van der Waals surface area (Å²) >= 11 is 6.03. The van der Waals surface area contributed by atoms with Gasteiger partial charge >= 0.3 is 0 Å². The van der Waals surface area contributed by atoms with Crippen LogP contribution in [0.25, 0.3) is 0 Å². The van der Waals surface area contributed by atoms with Gasteiger partial charge in [-0.2, -0.15) is 0 Å². The number of aryl methyl sites for hydroxylation is 1. The molecule has 3 N–H and O–H groups in total. The summed E-state index contributed by atoms with van der Waals surface area (Å²) in [5.41, 5.74) is 9.26. The lowest BCUT2D eigenvalue weighted by Crippen LogP contribution is -2.23. The quantitative estimate of drug-likeness (QED) is 0.908. The summed E-state index contributed by atoms with van der Waals surface area (Å²) in [5.74, 6) is -0.140. The average Bonchev–Trinajstić information content (AvgIpc) is 2.47. The lowest BCUT2D eigenvalue weighted by molar-refractivity contribution is 0.0951. The molecule has 0 spiro atoms. The molecule has 0 aliphatic rings. The molecule has 0 bridgehead atoms. The molecule has 20 heavy (non-hydrogen) atoms. The summed E-state index contributed by atoms with van der Waals surface area (Å²) in [4.78, 5) is 12.1. The summed E-state index contributed by atoms with van der Waals surface area (Å²) in [6.45, 7) is 2.82. The molecule has 0 fully saturated rings. The molecular weight excluding hydrogens is 272 g/mol. The highest BCUT2D eigenvalue weighted by Gasteiger charge is 2.08. The number of amides is 1. The second-order valence-electron chi connectivity index (χ2n) is 4.62. The zero-order valence-electron chi connectivity index (χ0n) is 11.3. The normalized spacial score (nSPS) is 10.3. The first-order chi connectivity index (χ1) is 9.61. The number of carbonyl (C=O) groups excluding carboxylic acids is 1. The molecule has 4 heteroatoms. The molecule has 2 aromatic rings. The molecule has 3 nitrogen and oxygen atoms in total. The van der Waals surface area contributed by atoms with Crippen molar-refractivity contribution in [3.63, 3.8) is 0 Å². The van der Waals surface area contributed by atoms with Gasteiger partial charge in [-0.3, -0.25) is 4.79 Å². The molecule has 2 aromatic carbocycles. The minimum absolute atomic E-state index is 0.140. The van der Waals surface area contributed by atoms with E-state index in [0.717, 1.165) is 16.7 Å². The van der Waals surface area contributed by atoms with Gasteiger partial charge in [0.05, 0.1) is 0 Å². The fourth-order valence-electron chi connectivity index (χ4n) is 1.94. The second kappa shape index (κ2) is 6.55. The average molecular weight is 289 g/mol. The molecule has 0 heterocycles. The first-order valence-electron chi connectivity index (χ1n) is 6.43. The van der Waals surface area contributed by atoms with Gasteiger partial charge in [-0.25, -0.2) is 0 Å². The van der Waals surface area contributed by atoms with Crippen molar-refractivity contribution in [3.8, 4) is 0 Å². The Morgan fingerprint density at radius 1 is 1.20 bits per heavy atom.